The van der Waals surface area contributed by atoms with Gasteiger partial charge < -0.3 is 0 Å². The lowest BCUT2D eigenvalue weighted by Gasteiger charge is -2.08. The maximum Gasteiger partial charge on any atom is 0.347 e. The second kappa shape index (κ2) is 5.70. The normalized spacial score (nSPS) is 10.4. The van der Waals surface area contributed by atoms with Gasteiger partial charge in [-0.05, 0) is 23.6 Å². The van der Waals surface area contributed by atoms with Gasteiger partial charge in [0.2, 0.25) is 0 Å². The summed E-state index contributed by atoms with van der Waals surface area (Å²) in [7, 11) is 0. The number of para-hydroxylation sites is 1. The molecule has 86 valence electrons. The van der Waals surface area contributed by atoms with Gasteiger partial charge in [0.1, 0.15) is 0 Å². The monoisotopic (exact) mass is 216 g/mol. The van der Waals surface area contributed by atoms with Crippen LogP contribution in [0.1, 0.15) is 64.0 Å². The van der Waals surface area contributed by atoms with Crippen molar-refractivity contribution >= 4 is 5.69 Å². The Balaban J connectivity index is 3.35. The molecule has 0 spiro atoms. The molecule has 0 radical (unpaired) electrons. The predicted molar refractivity (Wildman–Crippen MR) is 71.8 cm³/mol. The minimum Gasteiger partial charge on any atom is -0.0611 e. The van der Waals surface area contributed by atoms with E-state index < -0.39 is 0 Å². The van der Waals surface area contributed by atoms with Gasteiger partial charge in [-0.3, -0.25) is 0 Å². The molecule has 0 aliphatic heterocycles. The van der Waals surface area contributed by atoms with Crippen molar-refractivity contribution < 1.29 is 0 Å². The average molecular weight is 216 g/mol. The Kier molecular flexibility index (Phi) is 4.55. The summed E-state index contributed by atoms with van der Waals surface area (Å²) in [6.45, 7) is 10.9. The molecule has 0 atom stereocenters. The molecule has 0 fully saturated rings. The summed E-state index contributed by atoms with van der Waals surface area (Å²) < 4.78 is 0. The van der Waals surface area contributed by atoms with Gasteiger partial charge in [0.05, 0.1) is 6.42 Å². The van der Waals surface area contributed by atoms with Gasteiger partial charge >= 0.3 is 5.69 Å². The van der Waals surface area contributed by atoms with Gasteiger partial charge in [-0.1, -0.05) is 45.9 Å². The van der Waals surface area contributed by atoms with Crippen LogP contribution in [0.3, 0.4) is 0 Å². The molecule has 0 N–H and O–H groups in total. The van der Waals surface area contributed by atoms with Gasteiger partial charge in [0.25, 0.3) is 6.07 Å². The SMILES string of the molecule is CCC#[N+]c1c(C(C)C)cccc1C(C)C. The maximum absolute atomic E-state index is 4.52. The lowest BCUT2D eigenvalue weighted by molar-refractivity contribution is 0.842. The third kappa shape index (κ3) is 2.85. The average Bonchev–Trinajstić information content (AvgIpc) is 2.25. The molecule has 16 heavy (non-hydrogen) atoms. The molecule has 0 aliphatic carbocycles. The van der Waals surface area contributed by atoms with E-state index in [2.05, 4.69) is 63.7 Å². The minimum absolute atomic E-state index is 0.510. The first-order valence-corrected chi connectivity index (χ1v) is 6.14. The standard InChI is InChI=1S/C15H22N/c1-6-10-16-15-13(11(2)3)8-7-9-14(15)12(4)5/h7-9,11-12H,6H2,1-5H3/q+1. The van der Waals surface area contributed by atoms with E-state index in [0.717, 1.165) is 12.1 Å². The van der Waals surface area contributed by atoms with Crippen molar-refractivity contribution in [1.82, 2.24) is 0 Å². The quantitative estimate of drug-likeness (QED) is 0.631. The molecule has 1 aromatic carbocycles. The summed E-state index contributed by atoms with van der Waals surface area (Å²) in [6, 6.07) is 9.56. The third-order valence-electron chi connectivity index (χ3n) is 2.69. The zero-order chi connectivity index (χ0) is 12.1. The van der Waals surface area contributed by atoms with E-state index in [4.69, 9.17) is 0 Å². The van der Waals surface area contributed by atoms with E-state index in [1.54, 1.807) is 0 Å². The van der Waals surface area contributed by atoms with E-state index in [1.165, 1.54) is 11.1 Å². The van der Waals surface area contributed by atoms with Gasteiger partial charge in [0, 0.05) is 11.1 Å². The molecule has 0 unspecified atom stereocenters. The number of nitrogens with zero attached hydrogens (tertiary/aromatic N) is 1. The molecular weight excluding hydrogens is 194 g/mol. The summed E-state index contributed by atoms with van der Waals surface area (Å²) >= 11 is 0. The highest BCUT2D eigenvalue weighted by molar-refractivity contribution is 5.61. The van der Waals surface area contributed by atoms with Crippen LogP contribution >= 0.6 is 0 Å². The van der Waals surface area contributed by atoms with E-state index in [0.29, 0.717) is 11.8 Å². The van der Waals surface area contributed by atoms with Crippen molar-refractivity contribution in [3.05, 3.63) is 34.2 Å². The Morgan fingerprint density at radius 3 is 1.94 bits per heavy atom. The summed E-state index contributed by atoms with van der Waals surface area (Å²) in [5.74, 6) is 1.02. The second-order valence-corrected chi connectivity index (χ2v) is 4.72. The first-order chi connectivity index (χ1) is 7.57. The number of hydrogen-bond acceptors (Lipinski definition) is 0. The minimum atomic E-state index is 0.510. The topological polar surface area (TPSA) is 4.36 Å². The molecule has 0 aromatic heterocycles. The number of benzene rings is 1. The lowest BCUT2D eigenvalue weighted by Crippen LogP contribution is -1.94. The number of hydrogen-bond donors (Lipinski definition) is 0. The van der Waals surface area contributed by atoms with Crippen LogP contribution in [0, 0.1) is 6.07 Å². The van der Waals surface area contributed by atoms with Crippen LogP contribution in [-0.4, -0.2) is 0 Å². The van der Waals surface area contributed by atoms with E-state index in [1.807, 2.05) is 0 Å². The van der Waals surface area contributed by atoms with Crippen molar-refractivity contribution in [3.8, 4) is 6.07 Å². The van der Waals surface area contributed by atoms with Crippen LogP contribution in [-0.2, 0) is 0 Å². The summed E-state index contributed by atoms with van der Waals surface area (Å²) in [6.07, 6.45) is 0.865. The molecule has 1 aromatic rings. The zero-order valence-electron chi connectivity index (χ0n) is 11.0. The third-order valence-corrected chi connectivity index (χ3v) is 2.69. The molecule has 0 amide bonds. The van der Waals surface area contributed by atoms with Crippen LogP contribution in [0.25, 0.3) is 4.85 Å². The van der Waals surface area contributed by atoms with Crippen LogP contribution in [0.2, 0.25) is 0 Å². The highest BCUT2D eigenvalue weighted by Crippen LogP contribution is 2.34. The van der Waals surface area contributed by atoms with Crippen molar-refractivity contribution in [2.45, 2.75) is 52.9 Å². The highest BCUT2D eigenvalue weighted by atomic mass is 14.7. The molecule has 1 heteroatoms. The Bertz CT molecular complexity index is 379. The summed E-state index contributed by atoms with van der Waals surface area (Å²) in [5, 5.41) is 0. The Labute approximate surface area is 99.3 Å². The smallest absolute Gasteiger partial charge is 0.0611 e. The Morgan fingerprint density at radius 1 is 1.06 bits per heavy atom. The molecule has 0 saturated carbocycles. The molecule has 1 nitrogen and oxygen atoms in total. The van der Waals surface area contributed by atoms with Gasteiger partial charge in [-0.15, -0.1) is 0 Å². The van der Waals surface area contributed by atoms with Crippen molar-refractivity contribution in [3.63, 3.8) is 0 Å². The van der Waals surface area contributed by atoms with E-state index >= 15 is 0 Å². The van der Waals surface area contributed by atoms with Crippen LogP contribution in [0.4, 0.5) is 5.69 Å². The van der Waals surface area contributed by atoms with Crippen molar-refractivity contribution in [1.29, 1.82) is 0 Å². The molecule has 0 saturated heterocycles. The first kappa shape index (κ1) is 12.8. The van der Waals surface area contributed by atoms with Gasteiger partial charge in [-0.2, -0.15) is 0 Å². The fourth-order valence-corrected chi connectivity index (χ4v) is 1.80. The largest absolute Gasteiger partial charge is 0.347 e. The highest BCUT2D eigenvalue weighted by Gasteiger charge is 2.20. The predicted octanol–water partition coefficient (Wildman–Crippen LogP) is 5.31. The fourth-order valence-electron chi connectivity index (χ4n) is 1.80. The summed E-state index contributed by atoms with van der Waals surface area (Å²) in [4.78, 5) is 4.52. The van der Waals surface area contributed by atoms with Crippen LogP contribution < -0.4 is 0 Å². The van der Waals surface area contributed by atoms with Crippen molar-refractivity contribution in [2.75, 3.05) is 0 Å². The maximum atomic E-state index is 4.52. The van der Waals surface area contributed by atoms with Crippen LogP contribution in [0.5, 0.6) is 0 Å². The lowest BCUT2D eigenvalue weighted by atomic mass is 9.93. The van der Waals surface area contributed by atoms with Crippen LogP contribution in [0.15, 0.2) is 18.2 Å². The van der Waals surface area contributed by atoms with E-state index in [9.17, 15) is 0 Å². The molecule has 0 bridgehead atoms. The zero-order valence-corrected chi connectivity index (χ0v) is 11.0. The van der Waals surface area contributed by atoms with Gasteiger partial charge in [0.15, 0.2) is 0 Å². The molecule has 0 heterocycles. The first-order valence-electron chi connectivity index (χ1n) is 6.14. The molecule has 1 rings (SSSR count). The Morgan fingerprint density at radius 2 is 1.56 bits per heavy atom. The van der Waals surface area contributed by atoms with Gasteiger partial charge in [-0.25, -0.2) is 0 Å². The molecule has 0 aliphatic rings. The number of rotatable bonds is 2. The fraction of sp³-hybridized carbons (Fsp3) is 0.533. The molecular formula is C15H22N+. The van der Waals surface area contributed by atoms with Crippen molar-refractivity contribution in [2.24, 2.45) is 0 Å². The van der Waals surface area contributed by atoms with E-state index in [-0.39, 0.29) is 0 Å². The Hall–Kier alpha value is -1.29. The summed E-state index contributed by atoms with van der Waals surface area (Å²) in [5.41, 5.74) is 3.79. The second-order valence-electron chi connectivity index (χ2n) is 4.72.